The van der Waals surface area contributed by atoms with Crippen molar-refractivity contribution in [2.24, 2.45) is 5.73 Å². The Morgan fingerprint density at radius 1 is 1.33 bits per heavy atom. The molecule has 118 valence electrons. The monoisotopic (exact) mass is 333 g/mol. The SMILES string of the molecule is Cl.NC(=O)c1ccc(S(=O)(=O)NCC[C@H]2CCCN2)cc1. The Morgan fingerprint density at radius 3 is 2.52 bits per heavy atom. The van der Waals surface area contributed by atoms with E-state index in [9.17, 15) is 13.2 Å². The summed E-state index contributed by atoms with van der Waals surface area (Å²) in [6.07, 6.45) is 3.01. The lowest BCUT2D eigenvalue weighted by molar-refractivity contribution is 0.1000. The largest absolute Gasteiger partial charge is 0.366 e. The predicted octanol–water partition coefficient (Wildman–Crippen LogP) is 0.628. The molecule has 1 amide bonds. The summed E-state index contributed by atoms with van der Waals surface area (Å²) < 4.78 is 26.6. The third kappa shape index (κ3) is 4.96. The zero-order valence-electron chi connectivity index (χ0n) is 11.5. The van der Waals surface area contributed by atoms with Crippen LogP contribution in [0.15, 0.2) is 29.2 Å². The van der Waals surface area contributed by atoms with E-state index in [1.807, 2.05) is 0 Å². The molecular formula is C13H20ClN3O3S. The summed E-state index contributed by atoms with van der Waals surface area (Å²) >= 11 is 0. The van der Waals surface area contributed by atoms with Gasteiger partial charge in [0.25, 0.3) is 0 Å². The second-order valence-electron chi connectivity index (χ2n) is 4.87. The maximum Gasteiger partial charge on any atom is 0.248 e. The fourth-order valence-electron chi connectivity index (χ4n) is 2.25. The molecule has 1 fully saturated rings. The third-order valence-electron chi connectivity index (χ3n) is 3.40. The average Bonchev–Trinajstić information content (AvgIpc) is 2.92. The Hall–Kier alpha value is -1.15. The van der Waals surface area contributed by atoms with Crippen LogP contribution in [0.5, 0.6) is 0 Å². The van der Waals surface area contributed by atoms with Crippen LogP contribution >= 0.6 is 12.4 Å². The molecule has 1 aliphatic heterocycles. The Balaban J connectivity index is 0.00000220. The maximum atomic E-state index is 12.0. The van der Waals surface area contributed by atoms with Gasteiger partial charge in [0.15, 0.2) is 0 Å². The molecule has 2 rings (SSSR count). The Morgan fingerprint density at radius 2 is 2.00 bits per heavy atom. The highest BCUT2D eigenvalue weighted by Crippen LogP contribution is 2.11. The topological polar surface area (TPSA) is 101 Å². The van der Waals surface area contributed by atoms with Gasteiger partial charge in [0.1, 0.15) is 0 Å². The molecule has 6 nitrogen and oxygen atoms in total. The highest BCUT2D eigenvalue weighted by atomic mass is 35.5. The summed E-state index contributed by atoms with van der Waals surface area (Å²) in [5.41, 5.74) is 5.40. The number of benzene rings is 1. The number of carbonyl (C=O) groups excluding carboxylic acids is 1. The van der Waals surface area contributed by atoms with E-state index in [1.165, 1.54) is 24.3 Å². The molecule has 1 aliphatic rings. The van der Waals surface area contributed by atoms with Crippen LogP contribution in [-0.2, 0) is 10.0 Å². The Bertz CT molecular complexity index is 569. The highest BCUT2D eigenvalue weighted by molar-refractivity contribution is 7.89. The number of halogens is 1. The first-order chi connectivity index (χ1) is 9.49. The van der Waals surface area contributed by atoms with Gasteiger partial charge in [-0.05, 0) is 50.1 Å². The van der Waals surface area contributed by atoms with Gasteiger partial charge in [-0.1, -0.05) is 0 Å². The molecule has 0 radical (unpaired) electrons. The number of amides is 1. The molecule has 0 unspecified atom stereocenters. The number of hydrogen-bond donors (Lipinski definition) is 3. The molecule has 0 aromatic heterocycles. The minimum atomic E-state index is -3.52. The fraction of sp³-hybridized carbons (Fsp3) is 0.462. The molecule has 0 spiro atoms. The van der Waals surface area contributed by atoms with Gasteiger partial charge in [-0.15, -0.1) is 12.4 Å². The summed E-state index contributed by atoms with van der Waals surface area (Å²) in [6, 6.07) is 5.99. The van der Waals surface area contributed by atoms with Gasteiger partial charge in [-0.25, -0.2) is 13.1 Å². The Kier molecular flexibility index (Phi) is 6.60. The standard InChI is InChI=1S/C13H19N3O3S.ClH/c14-13(17)10-3-5-12(6-4-10)20(18,19)16-9-7-11-2-1-8-15-11;/h3-6,11,15-16H,1-2,7-9H2,(H2,14,17);1H/t11-;/m1./s1. The van der Waals surface area contributed by atoms with Crippen LogP contribution in [0.25, 0.3) is 0 Å². The zero-order chi connectivity index (χ0) is 14.6. The maximum absolute atomic E-state index is 12.0. The molecule has 1 heterocycles. The number of rotatable bonds is 6. The lowest BCUT2D eigenvalue weighted by Crippen LogP contribution is -2.30. The van der Waals surface area contributed by atoms with Crippen LogP contribution < -0.4 is 15.8 Å². The normalized spacial score (nSPS) is 18.2. The molecule has 1 atom stereocenters. The van der Waals surface area contributed by atoms with Gasteiger partial charge in [-0.3, -0.25) is 4.79 Å². The van der Waals surface area contributed by atoms with Crippen molar-refractivity contribution in [1.82, 2.24) is 10.0 Å². The van der Waals surface area contributed by atoms with E-state index in [-0.39, 0.29) is 17.3 Å². The second-order valence-corrected chi connectivity index (χ2v) is 6.64. The summed E-state index contributed by atoms with van der Waals surface area (Å²) in [5, 5.41) is 3.32. The molecule has 0 saturated carbocycles. The van der Waals surface area contributed by atoms with Crippen LogP contribution in [0.3, 0.4) is 0 Å². The average molecular weight is 334 g/mol. The van der Waals surface area contributed by atoms with Crippen LogP contribution in [0.2, 0.25) is 0 Å². The van der Waals surface area contributed by atoms with E-state index in [0.717, 1.165) is 25.8 Å². The van der Waals surface area contributed by atoms with Crippen molar-refractivity contribution in [2.45, 2.75) is 30.2 Å². The van der Waals surface area contributed by atoms with Gasteiger partial charge in [0.05, 0.1) is 4.90 Å². The Labute approximate surface area is 130 Å². The molecule has 1 aromatic rings. The van der Waals surface area contributed by atoms with E-state index in [0.29, 0.717) is 18.2 Å². The smallest absolute Gasteiger partial charge is 0.248 e. The second kappa shape index (κ2) is 7.74. The molecule has 1 aromatic carbocycles. The van der Waals surface area contributed by atoms with E-state index in [1.54, 1.807) is 0 Å². The van der Waals surface area contributed by atoms with Crippen molar-refractivity contribution in [2.75, 3.05) is 13.1 Å². The van der Waals surface area contributed by atoms with Crippen LogP contribution in [-0.4, -0.2) is 33.5 Å². The van der Waals surface area contributed by atoms with Crippen molar-refractivity contribution in [1.29, 1.82) is 0 Å². The van der Waals surface area contributed by atoms with Crippen LogP contribution in [0.4, 0.5) is 0 Å². The van der Waals surface area contributed by atoms with Gasteiger partial charge in [0.2, 0.25) is 15.9 Å². The van der Waals surface area contributed by atoms with Crippen molar-refractivity contribution >= 4 is 28.3 Å². The first kappa shape index (κ1) is 17.9. The molecule has 0 bridgehead atoms. The summed E-state index contributed by atoms with van der Waals surface area (Å²) in [5.74, 6) is -0.575. The van der Waals surface area contributed by atoms with Gasteiger partial charge >= 0.3 is 0 Å². The fourth-order valence-corrected chi connectivity index (χ4v) is 3.30. The number of primary amides is 1. The predicted molar refractivity (Wildman–Crippen MR) is 83.0 cm³/mol. The third-order valence-corrected chi connectivity index (χ3v) is 4.87. The van der Waals surface area contributed by atoms with Crippen LogP contribution in [0, 0.1) is 0 Å². The first-order valence-electron chi connectivity index (χ1n) is 6.62. The molecule has 1 saturated heterocycles. The van der Waals surface area contributed by atoms with Crippen molar-refractivity contribution in [3.8, 4) is 0 Å². The van der Waals surface area contributed by atoms with Crippen molar-refractivity contribution < 1.29 is 13.2 Å². The molecule has 4 N–H and O–H groups in total. The molecule has 8 heteroatoms. The number of nitrogens with two attached hydrogens (primary N) is 1. The van der Waals surface area contributed by atoms with Crippen LogP contribution in [0.1, 0.15) is 29.6 Å². The minimum Gasteiger partial charge on any atom is -0.366 e. The van der Waals surface area contributed by atoms with E-state index < -0.39 is 15.9 Å². The van der Waals surface area contributed by atoms with E-state index in [4.69, 9.17) is 5.73 Å². The minimum absolute atomic E-state index is 0. The van der Waals surface area contributed by atoms with E-state index >= 15 is 0 Å². The highest BCUT2D eigenvalue weighted by Gasteiger charge is 2.17. The molecule has 0 aliphatic carbocycles. The van der Waals surface area contributed by atoms with E-state index in [2.05, 4.69) is 10.0 Å². The molecule has 21 heavy (non-hydrogen) atoms. The van der Waals surface area contributed by atoms with Gasteiger partial charge < -0.3 is 11.1 Å². The van der Waals surface area contributed by atoms with Crippen molar-refractivity contribution in [3.05, 3.63) is 29.8 Å². The lowest BCUT2D eigenvalue weighted by atomic mass is 10.2. The first-order valence-corrected chi connectivity index (χ1v) is 8.10. The number of nitrogens with one attached hydrogen (secondary N) is 2. The molecular weight excluding hydrogens is 314 g/mol. The van der Waals surface area contributed by atoms with Crippen molar-refractivity contribution in [3.63, 3.8) is 0 Å². The summed E-state index contributed by atoms with van der Waals surface area (Å²) in [6.45, 7) is 1.41. The van der Waals surface area contributed by atoms with Gasteiger partial charge in [0, 0.05) is 18.2 Å². The lowest BCUT2D eigenvalue weighted by Gasteiger charge is -2.11. The summed E-state index contributed by atoms with van der Waals surface area (Å²) in [7, 11) is -3.52. The number of carbonyl (C=O) groups is 1. The number of hydrogen-bond acceptors (Lipinski definition) is 4. The summed E-state index contributed by atoms with van der Waals surface area (Å²) in [4.78, 5) is 11.1. The zero-order valence-corrected chi connectivity index (χ0v) is 13.2. The number of sulfonamides is 1. The van der Waals surface area contributed by atoms with Gasteiger partial charge in [-0.2, -0.15) is 0 Å². The quantitative estimate of drug-likeness (QED) is 0.710.